The Kier molecular flexibility index (Phi) is 13.7. The average Bonchev–Trinajstić information content (AvgIpc) is 2.73. The fourth-order valence-electron chi connectivity index (χ4n) is 6.76. The van der Waals surface area contributed by atoms with Crippen molar-refractivity contribution in [1.82, 2.24) is 0 Å². The van der Waals surface area contributed by atoms with Crippen molar-refractivity contribution in [2.45, 2.75) is 156 Å². The molecule has 0 heteroatoms. The van der Waals surface area contributed by atoms with E-state index in [2.05, 4.69) is 20.8 Å². The van der Waals surface area contributed by atoms with Gasteiger partial charge in [0.05, 0.1) is 0 Å². The number of hydrogen-bond donors (Lipinski definition) is 0. The molecule has 0 aliphatic heterocycles. The van der Waals surface area contributed by atoms with Gasteiger partial charge in [-0.05, 0) is 42.4 Å². The molecule has 2 fully saturated rings. The van der Waals surface area contributed by atoms with Gasteiger partial charge in [0.25, 0.3) is 0 Å². The smallest absolute Gasteiger partial charge is 0.0383 e. The van der Waals surface area contributed by atoms with Crippen molar-refractivity contribution in [1.29, 1.82) is 0 Å². The highest BCUT2D eigenvalue weighted by Crippen LogP contribution is 2.42. The van der Waals surface area contributed by atoms with Crippen molar-refractivity contribution in [3.63, 3.8) is 0 Å². The lowest BCUT2D eigenvalue weighted by Crippen LogP contribution is -2.28. The first-order chi connectivity index (χ1) is 14.2. The summed E-state index contributed by atoms with van der Waals surface area (Å²) in [6.07, 6.45) is 31.7. The lowest BCUT2D eigenvalue weighted by Gasteiger charge is -2.39. The van der Waals surface area contributed by atoms with Crippen LogP contribution in [0.5, 0.6) is 0 Å². The number of unbranched alkanes of at least 4 members (excludes halogenated alkanes) is 1. The average molecular weight is 405 g/mol. The molecule has 0 aromatic rings. The molecule has 2 aliphatic rings. The monoisotopic (exact) mass is 404 g/mol. The van der Waals surface area contributed by atoms with Crippen LogP contribution < -0.4 is 0 Å². The van der Waals surface area contributed by atoms with Gasteiger partial charge in [0, 0.05) is 0 Å². The van der Waals surface area contributed by atoms with E-state index in [9.17, 15) is 0 Å². The second-order valence-corrected chi connectivity index (χ2v) is 11.2. The van der Waals surface area contributed by atoms with E-state index < -0.39 is 0 Å². The summed E-state index contributed by atoms with van der Waals surface area (Å²) >= 11 is 0. The maximum atomic E-state index is 2.55. The molecule has 0 heterocycles. The molecular weight excluding hydrogens is 348 g/mol. The molecule has 0 amide bonds. The van der Waals surface area contributed by atoms with Gasteiger partial charge in [-0.25, -0.2) is 0 Å². The van der Waals surface area contributed by atoms with Crippen LogP contribution in [0.15, 0.2) is 0 Å². The zero-order valence-electron chi connectivity index (χ0n) is 20.7. The minimum atomic E-state index is 0.992. The van der Waals surface area contributed by atoms with Gasteiger partial charge in [0.1, 0.15) is 0 Å². The Labute approximate surface area is 185 Å². The molecule has 0 saturated heterocycles. The third kappa shape index (κ3) is 10.2. The Morgan fingerprint density at radius 3 is 1.86 bits per heavy atom. The largest absolute Gasteiger partial charge is 0.0654 e. The molecule has 2 saturated carbocycles. The van der Waals surface area contributed by atoms with Crippen LogP contribution in [0.3, 0.4) is 0 Å². The zero-order valence-corrected chi connectivity index (χ0v) is 20.7. The van der Waals surface area contributed by atoms with Crippen LogP contribution in [0.4, 0.5) is 0 Å². The van der Waals surface area contributed by atoms with Crippen molar-refractivity contribution in [3.8, 4) is 0 Å². The van der Waals surface area contributed by atoms with Gasteiger partial charge in [0.2, 0.25) is 0 Å². The molecule has 0 N–H and O–H groups in total. The van der Waals surface area contributed by atoms with E-state index in [1.165, 1.54) is 109 Å². The van der Waals surface area contributed by atoms with Crippen molar-refractivity contribution >= 4 is 0 Å². The summed E-state index contributed by atoms with van der Waals surface area (Å²) in [4.78, 5) is 0. The normalized spacial score (nSPS) is 34.2. The highest BCUT2D eigenvalue weighted by atomic mass is 14.4. The molecule has 0 bridgehead atoms. The van der Waals surface area contributed by atoms with Crippen LogP contribution >= 0.6 is 0 Å². The molecule has 0 aromatic carbocycles. The lowest BCUT2D eigenvalue weighted by atomic mass is 9.67. The molecule has 2 aliphatic carbocycles. The first kappa shape index (κ1) is 25.3. The molecule has 0 radical (unpaired) electrons. The van der Waals surface area contributed by atoms with E-state index in [0.29, 0.717) is 0 Å². The first-order valence-corrected chi connectivity index (χ1v) is 14.2. The summed E-state index contributed by atoms with van der Waals surface area (Å²) in [6, 6.07) is 0. The van der Waals surface area contributed by atoms with Gasteiger partial charge < -0.3 is 0 Å². The van der Waals surface area contributed by atoms with Gasteiger partial charge in [-0.3, -0.25) is 0 Å². The fourth-order valence-corrected chi connectivity index (χ4v) is 6.76. The summed E-state index contributed by atoms with van der Waals surface area (Å²) in [5.74, 6) is 5.19. The van der Waals surface area contributed by atoms with Crippen LogP contribution in [0.2, 0.25) is 0 Å². The quantitative estimate of drug-likeness (QED) is 0.413. The lowest BCUT2D eigenvalue weighted by molar-refractivity contribution is 0.124. The Balaban J connectivity index is 1.91. The third-order valence-electron chi connectivity index (χ3n) is 8.82. The summed E-state index contributed by atoms with van der Waals surface area (Å²) in [7, 11) is 0. The van der Waals surface area contributed by atoms with Crippen LogP contribution in [0, 0.1) is 29.6 Å². The predicted octanol–water partition coefficient (Wildman–Crippen LogP) is 10.3. The molecule has 0 aromatic heterocycles. The van der Waals surface area contributed by atoms with E-state index in [0.717, 1.165) is 29.6 Å². The van der Waals surface area contributed by atoms with Crippen LogP contribution in [-0.2, 0) is 0 Å². The van der Waals surface area contributed by atoms with Crippen molar-refractivity contribution in [2.75, 3.05) is 0 Å². The molecule has 5 unspecified atom stereocenters. The molecular formula is C29H56. The number of rotatable bonds is 6. The minimum Gasteiger partial charge on any atom is -0.0654 e. The van der Waals surface area contributed by atoms with Crippen molar-refractivity contribution < 1.29 is 0 Å². The molecule has 0 nitrogen and oxygen atoms in total. The molecule has 0 spiro atoms. The minimum absolute atomic E-state index is 0.992. The van der Waals surface area contributed by atoms with E-state index in [-0.39, 0.29) is 0 Å². The van der Waals surface area contributed by atoms with Crippen molar-refractivity contribution in [2.24, 2.45) is 29.6 Å². The molecule has 29 heavy (non-hydrogen) atoms. The van der Waals surface area contributed by atoms with Gasteiger partial charge in [0.15, 0.2) is 0 Å². The summed E-state index contributed by atoms with van der Waals surface area (Å²) in [6.45, 7) is 7.32. The van der Waals surface area contributed by atoms with Crippen LogP contribution in [0.25, 0.3) is 0 Å². The fraction of sp³-hybridized carbons (Fsp3) is 1.00. The summed E-state index contributed by atoms with van der Waals surface area (Å²) in [5, 5.41) is 0. The van der Waals surface area contributed by atoms with E-state index in [4.69, 9.17) is 0 Å². The Morgan fingerprint density at radius 2 is 1.17 bits per heavy atom. The maximum Gasteiger partial charge on any atom is -0.0383 e. The van der Waals surface area contributed by atoms with Gasteiger partial charge in [-0.2, -0.15) is 0 Å². The first-order valence-electron chi connectivity index (χ1n) is 14.2. The highest BCUT2D eigenvalue weighted by molar-refractivity contribution is 4.82. The van der Waals surface area contributed by atoms with Crippen LogP contribution in [0.1, 0.15) is 156 Å². The predicted molar refractivity (Wildman–Crippen MR) is 131 cm³/mol. The van der Waals surface area contributed by atoms with Crippen LogP contribution in [-0.4, -0.2) is 0 Å². The highest BCUT2D eigenvalue weighted by Gasteiger charge is 2.31. The second-order valence-electron chi connectivity index (χ2n) is 11.2. The van der Waals surface area contributed by atoms with Gasteiger partial charge >= 0.3 is 0 Å². The van der Waals surface area contributed by atoms with E-state index in [1.54, 1.807) is 25.7 Å². The maximum absolute atomic E-state index is 2.55. The Morgan fingerprint density at radius 1 is 0.552 bits per heavy atom. The van der Waals surface area contributed by atoms with Gasteiger partial charge in [-0.1, -0.05) is 143 Å². The third-order valence-corrected chi connectivity index (χ3v) is 8.82. The van der Waals surface area contributed by atoms with E-state index in [1.807, 2.05) is 0 Å². The van der Waals surface area contributed by atoms with E-state index >= 15 is 0 Å². The van der Waals surface area contributed by atoms with Crippen molar-refractivity contribution in [3.05, 3.63) is 0 Å². The molecule has 172 valence electrons. The molecule has 5 atom stereocenters. The molecule has 2 rings (SSSR count). The number of hydrogen-bond acceptors (Lipinski definition) is 0. The standard InChI is InChI=1S/C29H56/c1-4-6-17-26-18-13-11-9-7-8-10-12-14-20-27(21-15-19-26)29-23-22-25(3)28(24-29)16-5-2/h25-29H,4-24H2,1-3H3. The Hall–Kier alpha value is 0. The summed E-state index contributed by atoms with van der Waals surface area (Å²) < 4.78 is 0. The SMILES string of the molecule is CCCCC1CCCCCCCCCCC(C2CCC(C)C(CCC)C2)CCC1. The topological polar surface area (TPSA) is 0 Å². The zero-order chi connectivity index (χ0) is 20.7. The summed E-state index contributed by atoms with van der Waals surface area (Å²) in [5.41, 5.74) is 0. The Bertz CT molecular complexity index is 372. The van der Waals surface area contributed by atoms with Gasteiger partial charge in [-0.15, -0.1) is 0 Å². The second kappa shape index (κ2) is 15.8.